The minimum absolute atomic E-state index is 0.267. The highest BCUT2D eigenvalue weighted by Crippen LogP contribution is 2.41. The van der Waals surface area contributed by atoms with Gasteiger partial charge in [-0.05, 0) is 17.7 Å². The summed E-state index contributed by atoms with van der Waals surface area (Å²) >= 11 is 0. The summed E-state index contributed by atoms with van der Waals surface area (Å²) in [7, 11) is 1.60. The third kappa shape index (κ3) is 2.69. The monoisotopic (exact) mass is 307 g/mol. The van der Waals surface area contributed by atoms with Crippen LogP contribution in [0.15, 0.2) is 60.7 Å². The second-order valence-corrected chi connectivity index (χ2v) is 5.63. The number of carbonyl (C=O) groups is 2. The van der Waals surface area contributed by atoms with Gasteiger partial charge >= 0.3 is 0 Å². The Morgan fingerprint density at radius 3 is 2.52 bits per heavy atom. The van der Waals surface area contributed by atoms with Crippen LogP contribution in [0.4, 0.5) is 5.69 Å². The molecular weight excluding hydrogens is 290 g/mol. The van der Waals surface area contributed by atoms with Crippen molar-refractivity contribution < 1.29 is 14.7 Å². The Morgan fingerprint density at radius 2 is 1.78 bits per heavy atom. The Morgan fingerprint density at radius 1 is 1.13 bits per heavy atom. The van der Waals surface area contributed by atoms with E-state index in [4.69, 9.17) is 0 Å². The molecule has 1 amide bonds. The van der Waals surface area contributed by atoms with Gasteiger partial charge < -0.3 is 10.0 Å². The van der Waals surface area contributed by atoms with Gasteiger partial charge in [0.2, 0.25) is 0 Å². The van der Waals surface area contributed by atoms with E-state index in [-0.39, 0.29) is 12.2 Å². The standard InChI is InChI=1S/C19H17NO3/c1-20-17-10-6-5-9-16(17)19(23,18(20)22)13-15(21)12-11-14-7-3-2-4-8-14/h2-12,23H,13H2,1H3/b12-11+/t19-/m0/s1. The summed E-state index contributed by atoms with van der Waals surface area (Å²) in [6.07, 6.45) is 2.82. The smallest absolute Gasteiger partial charge is 0.263 e. The van der Waals surface area contributed by atoms with Crippen LogP contribution in [-0.4, -0.2) is 23.8 Å². The number of para-hydroxylation sites is 1. The van der Waals surface area contributed by atoms with Crippen molar-refractivity contribution in [3.63, 3.8) is 0 Å². The van der Waals surface area contributed by atoms with Crippen molar-refractivity contribution in [3.05, 3.63) is 71.8 Å². The molecule has 0 unspecified atom stereocenters. The van der Waals surface area contributed by atoms with Gasteiger partial charge in [0.1, 0.15) is 0 Å². The molecule has 1 aliphatic heterocycles. The molecule has 4 heteroatoms. The Balaban J connectivity index is 1.83. The molecule has 0 spiro atoms. The van der Waals surface area contributed by atoms with Gasteiger partial charge in [0, 0.05) is 12.6 Å². The van der Waals surface area contributed by atoms with Crippen LogP contribution in [0.5, 0.6) is 0 Å². The zero-order valence-corrected chi connectivity index (χ0v) is 12.8. The predicted molar refractivity (Wildman–Crippen MR) is 88.8 cm³/mol. The van der Waals surface area contributed by atoms with Crippen LogP contribution in [0.3, 0.4) is 0 Å². The van der Waals surface area contributed by atoms with E-state index < -0.39 is 11.5 Å². The van der Waals surface area contributed by atoms with Crippen molar-refractivity contribution in [1.82, 2.24) is 0 Å². The van der Waals surface area contributed by atoms with Crippen LogP contribution in [0.2, 0.25) is 0 Å². The lowest BCUT2D eigenvalue weighted by molar-refractivity contribution is -0.140. The van der Waals surface area contributed by atoms with Crippen LogP contribution in [0.25, 0.3) is 6.08 Å². The average molecular weight is 307 g/mol. The molecule has 0 fully saturated rings. The van der Waals surface area contributed by atoms with Crippen LogP contribution < -0.4 is 4.90 Å². The summed E-state index contributed by atoms with van der Waals surface area (Å²) < 4.78 is 0. The molecule has 1 aliphatic rings. The van der Waals surface area contributed by atoms with Gasteiger partial charge in [-0.1, -0.05) is 54.6 Å². The quantitative estimate of drug-likeness (QED) is 0.883. The number of fused-ring (bicyclic) bond motifs is 1. The Bertz CT molecular complexity index is 782. The van der Waals surface area contributed by atoms with E-state index in [9.17, 15) is 14.7 Å². The summed E-state index contributed by atoms with van der Waals surface area (Å²) in [5.41, 5.74) is 0.223. The molecule has 0 saturated carbocycles. The summed E-state index contributed by atoms with van der Waals surface area (Å²) in [4.78, 5) is 26.0. The van der Waals surface area contributed by atoms with Gasteiger partial charge in [-0.3, -0.25) is 9.59 Å². The van der Waals surface area contributed by atoms with Crippen molar-refractivity contribution in [1.29, 1.82) is 0 Å². The largest absolute Gasteiger partial charge is 0.375 e. The van der Waals surface area contributed by atoms with E-state index in [2.05, 4.69) is 0 Å². The summed E-state index contributed by atoms with van der Waals surface area (Å²) in [5, 5.41) is 10.8. The first-order valence-corrected chi connectivity index (χ1v) is 7.38. The zero-order chi connectivity index (χ0) is 16.4. The molecule has 1 atom stereocenters. The molecule has 2 aromatic rings. The number of hydrogen-bond donors (Lipinski definition) is 1. The van der Waals surface area contributed by atoms with E-state index in [1.165, 1.54) is 11.0 Å². The number of allylic oxidation sites excluding steroid dienone is 1. The van der Waals surface area contributed by atoms with Crippen LogP contribution in [0.1, 0.15) is 17.5 Å². The van der Waals surface area contributed by atoms with Crippen LogP contribution >= 0.6 is 0 Å². The maximum absolute atomic E-state index is 12.4. The van der Waals surface area contributed by atoms with E-state index >= 15 is 0 Å². The summed E-state index contributed by atoms with van der Waals surface area (Å²) in [6.45, 7) is 0. The number of nitrogens with zero attached hydrogens (tertiary/aromatic N) is 1. The van der Waals surface area contributed by atoms with E-state index in [0.717, 1.165) is 5.56 Å². The fraction of sp³-hybridized carbons (Fsp3) is 0.158. The van der Waals surface area contributed by atoms with Crippen molar-refractivity contribution in [2.75, 3.05) is 11.9 Å². The van der Waals surface area contributed by atoms with Crippen molar-refractivity contribution in [2.45, 2.75) is 12.0 Å². The number of amides is 1. The fourth-order valence-electron chi connectivity index (χ4n) is 2.85. The van der Waals surface area contributed by atoms with E-state index in [1.807, 2.05) is 30.3 Å². The minimum Gasteiger partial charge on any atom is -0.375 e. The number of ketones is 1. The Hall–Kier alpha value is -2.72. The molecule has 0 aliphatic carbocycles. The highest BCUT2D eigenvalue weighted by Gasteiger charge is 2.49. The van der Waals surface area contributed by atoms with Crippen LogP contribution in [0, 0.1) is 0 Å². The van der Waals surface area contributed by atoms with Gasteiger partial charge in [-0.2, -0.15) is 0 Å². The molecule has 0 radical (unpaired) electrons. The van der Waals surface area contributed by atoms with Crippen molar-refractivity contribution >= 4 is 23.5 Å². The van der Waals surface area contributed by atoms with Crippen molar-refractivity contribution in [3.8, 4) is 0 Å². The first-order valence-electron chi connectivity index (χ1n) is 7.38. The highest BCUT2D eigenvalue weighted by molar-refractivity contribution is 6.09. The molecule has 0 bridgehead atoms. The molecule has 2 aromatic carbocycles. The zero-order valence-electron chi connectivity index (χ0n) is 12.8. The molecule has 23 heavy (non-hydrogen) atoms. The lowest BCUT2D eigenvalue weighted by atomic mass is 9.90. The highest BCUT2D eigenvalue weighted by atomic mass is 16.3. The second kappa shape index (κ2) is 5.82. The topological polar surface area (TPSA) is 57.6 Å². The lowest BCUT2D eigenvalue weighted by Gasteiger charge is -2.20. The normalized spacial score (nSPS) is 20.1. The molecular formula is C19H17NO3. The third-order valence-corrected chi connectivity index (χ3v) is 4.06. The number of hydrogen-bond acceptors (Lipinski definition) is 3. The van der Waals surface area contributed by atoms with Crippen molar-refractivity contribution in [2.24, 2.45) is 0 Å². The van der Waals surface area contributed by atoms with Gasteiger partial charge in [-0.25, -0.2) is 0 Å². The second-order valence-electron chi connectivity index (χ2n) is 5.63. The SMILES string of the molecule is CN1C(=O)[C@](O)(CC(=O)/C=C/c2ccccc2)c2ccccc21. The van der Waals surface area contributed by atoms with E-state index in [0.29, 0.717) is 11.3 Å². The summed E-state index contributed by atoms with van der Waals surface area (Å²) in [6, 6.07) is 16.4. The van der Waals surface area contributed by atoms with Gasteiger partial charge in [0.25, 0.3) is 5.91 Å². The number of rotatable bonds is 4. The number of anilines is 1. The lowest BCUT2D eigenvalue weighted by Crippen LogP contribution is -2.40. The van der Waals surface area contributed by atoms with Gasteiger partial charge in [-0.15, -0.1) is 0 Å². The Kier molecular flexibility index (Phi) is 3.84. The molecule has 4 nitrogen and oxygen atoms in total. The average Bonchev–Trinajstić information content (AvgIpc) is 2.76. The maximum atomic E-state index is 12.4. The summed E-state index contributed by atoms with van der Waals surface area (Å²) in [5.74, 6) is -0.769. The van der Waals surface area contributed by atoms with Crippen LogP contribution in [-0.2, 0) is 15.2 Å². The molecule has 0 aromatic heterocycles. The third-order valence-electron chi connectivity index (χ3n) is 4.06. The van der Waals surface area contributed by atoms with Gasteiger partial charge in [0.05, 0.1) is 12.1 Å². The molecule has 0 saturated heterocycles. The Labute approximate surface area is 134 Å². The number of carbonyl (C=O) groups excluding carboxylic acids is 2. The number of likely N-dealkylation sites (N-methyl/N-ethyl adjacent to an activating group) is 1. The first-order chi connectivity index (χ1) is 11.0. The number of benzene rings is 2. The number of aliphatic hydroxyl groups is 1. The fourth-order valence-corrected chi connectivity index (χ4v) is 2.85. The van der Waals surface area contributed by atoms with Gasteiger partial charge in [0.15, 0.2) is 11.4 Å². The van der Waals surface area contributed by atoms with E-state index in [1.54, 1.807) is 37.4 Å². The maximum Gasteiger partial charge on any atom is 0.263 e. The first kappa shape index (κ1) is 15.2. The minimum atomic E-state index is -1.79. The molecule has 116 valence electrons. The molecule has 3 rings (SSSR count). The molecule has 1 heterocycles. The predicted octanol–water partition coefficient (Wildman–Crippen LogP) is 2.52. The molecule has 1 N–H and O–H groups in total.